The zero-order chi connectivity index (χ0) is 25.9. The summed E-state index contributed by atoms with van der Waals surface area (Å²) in [6, 6.07) is 33.6. The molecule has 5 rings (SSSR count). The molecule has 0 heterocycles. The van der Waals surface area contributed by atoms with Crippen LogP contribution in [-0.4, -0.2) is 5.54 Å². The summed E-state index contributed by atoms with van der Waals surface area (Å²) in [5.41, 5.74) is 11.8. The first-order valence-corrected chi connectivity index (χ1v) is 13.1. The van der Waals surface area contributed by atoms with Crippen LogP contribution in [-0.2, 0) is 10.8 Å². The second kappa shape index (κ2) is 8.37. The fourth-order valence-electron chi connectivity index (χ4n) is 5.90. The summed E-state index contributed by atoms with van der Waals surface area (Å²) in [7, 11) is 0. The Labute approximate surface area is 217 Å². The molecule has 184 valence electrons. The molecular formula is C35H39N. The fraction of sp³-hybridized carbons (Fsp3) is 0.314. The highest BCUT2D eigenvalue weighted by Gasteiger charge is 2.39. The largest absolute Gasteiger partial charge is 0.335 e. The molecule has 0 atom stereocenters. The minimum atomic E-state index is -0.130. The molecule has 0 unspecified atom stereocenters. The van der Waals surface area contributed by atoms with Crippen molar-refractivity contribution in [1.82, 2.24) is 0 Å². The first kappa shape index (κ1) is 24.4. The number of rotatable bonds is 3. The number of anilines is 2. The lowest BCUT2D eigenvalue weighted by molar-refractivity contribution is 0.542. The zero-order valence-electron chi connectivity index (χ0n) is 23.1. The van der Waals surface area contributed by atoms with Crippen molar-refractivity contribution in [1.29, 1.82) is 0 Å². The van der Waals surface area contributed by atoms with Gasteiger partial charge in [-0.15, -0.1) is 0 Å². The molecule has 0 N–H and O–H groups in total. The van der Waals surface area contributed by atoms with Crippen molar-refractivity contribution in [3.63, 3.8) is 0 Å². The van der Waals surface area contributed by atoms with E-state index in [1.54, 1.807) is 0 Å². The van der Waals surface area contributed by atoms with Crippen LogP contribution >= 0.6 is 0 Å². The van der Waals surface area contributed by atoms with Crippen LogP contribution in [0, 0.1) is 0 Å². The number of nitrogens with zero attached hydrogens (tertiary/aromatic N) is 1. The topological polar surface area (TPSA) is 3.24 Å². The molecule has 36 heavy (non-hydrogen) atoms. The Balaban J connectivity index is 1.83. The Kier molecular flexibility index (Phi) is 5.67. The van der Waals surface area contributed by atoms with Gasteiger partial charge in [0.15, 0.2) is 0 Å². The van der Waals surface area contributed by atoms with Crippen molar-refractivity contribution < 1.29 is 0 Å². The van der Waals surface area contributed by atoms with Crippen molar-refractivity contribution >= 4 is 11.4 Å². The van der Waals surface area contributed by atoms with Crippen LogP contribution in [0.1, 0.15) is 72.1 Å². The van der Waals surface area contributed by atoms with Crippen LogP contribution in [0.15, 0.2) is 91.0 Å². The van der Waals surface area contributed by atoms with Crippen LogP contribution in [0.5, 0.6) is 0 Å². The van der Waals surface area contributed by atoms with Gasteiger partial charge in [0, 0.05) is 27.9 Å². The van der Waals surface area contributed by atoms with Crippen LogP contribution < -0.4 is 4.90 Å². The van der Waals surface area contributed by atoms with E-state index in [0.717, 1.165) is 0 Å². The van der Waals surface area contributed by atoms with Gasteiger partial charge in [0.05, 0.1) is 0 Å². The maximum Gasteiger partial charge on any atom is 0.0495 e. The molecule has 0 saturated carbocycles. The number of para-hydroxylation sites is 1. The van der Waals surface area contributed by atoms with Crippen molar-refractivity contribution in [3.8, 4) is 22.3 Å². The van der Waals surface area contributed by atoms with E-state index in [9.17, 15) is 0 Å². The molecule has 0 radical (unpaired) electrons. The molecule has 0 bridgehead atoms. The molecule has 0 aliphatic heterocycles. The Bertz CT molecular complexity index is 1410. The van der Waals surface area contributed by atoms with Crippen molar-refractivity contribution in [2.45, 2.75) is 71.8 Å². The van der Waals surface area contributed by atoms with E-state index in [0.29, 0.717) is 0 Å². The summed E-state index contributed by atoms with van der Waals surface area (Å²) in [5, 5.41) is 0. The maximum atomic E-state index is 2.58. The minimum absolute atomic E-state index is 0.0166. The molecule has 0 amide bonds. The van der Waals surface area contributed by atoms with Gasteiger partial charge >= 0.3 is 0 Å². The Morgan fingerprint density at radius 2 is 1.14 bits per heavy atom. The summed E-state index contributed by atoms with van der Waals surface area (Å²) in [5.74, 6) is 0. The molecule has 1 heteroatoms. The van der Waals surface area contributed by atoms with Gasteiger partial charge < -0.3 is 4.90 Å². The third-order valence-electron chi connectivity index (χ3n) is 7.65. The maximum absolute atomic E-state index is 2.58. The van der Waals surface area contributed by atoms with Crippen LogP contribution in [0.2, 0.25) is 0 Å². The summed E-state index contributed by atoms with van der Waals surface area (Å²) in [4.78, 5) is 2.58. The van der Waals surface area contributed by atoms with E-state index >= 15 is 0 Å². The van der Waals surface area contributed by atoms with E-state index in [2.05, 4.69) is 151 Å². The number of hydrogen-bond acceptors (Lipinski definition) is 1. The molecule has 0 spiro atoms. The molecule has 4 aromatic carbocycles. The highest BCUT2D eigenvalue weighted by atomic mass is 15.2. The van der Waals surface area contributed by atoms with E-state index in [-0.39, 0.29) is 16.4 Å². The average molecular weight is 474 g/mol. The molecule has 0 saturated heterocycles. The lowest BCUT2D eigenvalue weighted by Crippen LogP contribution is -2.39. The quantitative estimate of drug-likeness (QED) is 0.286. The van der Waals surface area contributed by atoms with Crippen molar-refractivity contribution in [2.75, 3.05) is 4.90 Å². The SMILES string of the molecule is CC(C)(C)c1cc2c(cc1N(c1ccccc1-c1ccccc1)C(C)(C)C)C(C)(C)c1ccccc1-2. The van der Waals surface area contributed by atoms with Gasteiger partial charge in [-0.25, -0.2) is 0 Å². The van der Waals surface area contributed by atoms with Crippen LogP contribution in [0.25, 0.3) is 22.3 Å². The highest BCUT2D eigenvalue weighted by molar-refractivity contribution is 5.88. The van der Waals surface area contributed by atoms with Crippen molar-refractivity contribution in [2.24, 2.45) is 0 Å². The number of hydrogen-bond donors (Lipinski definition) is 0. The first-order valence-electron chi connectivity index (χ1n) is 13.1. The molecule has 4 aromatic rings. The Morgan fingerprint density at radius 1 is 0.556 bits per heavy atom. The smallest absolute Gasteiger partial charge is 0.0495 e. The van der Waals surface area contributed by atoms with Gasteiger partial charge in [-0.05, 0) is 77.8 Å². The van der Waals surface area contributed by atoms with Crippen LogP contribution in [0.4, 0.5) is 11.4 Å². The molecule has 1 nitrogen and oxygen atoms in total. The molecule has 0 aromatic heterocycles. The first-order chi connectivity index (χ1) is 16.9. The minimum Gasteiger partial charge on any atom is -0.335 e. The highest BCUT2D eigenvalue weighted by Crippen LogP contribution is 2.53. The summed E-state index contributed by atoms with van der Waals surface area (Å²) in [6.07, 6.45) is 0. The van der Waals surface area contributed by atoms with Gasteiger partial charge in [0.2, 0.25) is 0 Å². The predicted octanol–water partition coefficient (Wildman–Crippen LogP) is 9.89. The predicted molar refractivity (Wildman–Crippen MR) is 156 cm³/mol. The lowest BCUT2D eigenvalue weighted by atomic mass is 9.78. The van der Waals surface area contributed by atoms with E-state index in [1.165, 1.54) is 50.3 Å². The van der Waals surface area contributed by atoms with Gasteiger partial charge in [0.25, 0.3) is 0 Å². The summed E-state index contributed by atoms with van der Waals surface area (Å²) < 4.78 is 0. The van der Waals surface area contributed by atoms with Crippen LogP contribution in [0.3, 0.4) is 0 Å². The standard InChI is InChI=1S/C35H39N/c1-33(2,3)30-22-27-26-19-12-14-20-28(26)35(7,8)29(27)23-32(30)36(34(4,5)6)31-21-15-13-18-25(31)24-16-10-9-11-17-24/h9-23H,1-8H3. The van der Waals surface area contributed by atoms with Gasteiger partial charge in [0.1, 0.15) is 0 Å². The monoisotopic (exact) mass is 473 g/mol. The molecule has 0 fully saturated rings. The number of benzene rings is 4. The Morgan fingerprint density at radius 3 is 1.78 bits per heavy atom. The van der Waals surface area contributed by atoms with E-state index in [4.69, 9.17) is 0 Å². The van der Waals surface area contributed by atoms with Gasteiger partial charge in [-0.2, -0.15) is 0 Å². The summed E-state index contributed by atoms with van der Waals surface area (Å²) in [6.45, 7) is 18.8. The lowest BCUT2D eigenvalue weighted by Gasteiger charge is -2.42. The summed E-state index contributed by atoms with van der Waals surface area (Å²) >= 11 is 0. The average Bonchev–Trinajstić information content (AvgIpc) is 3.05. The zero-order valence-corrected chi connectivity index (χ0v) is 23.1. The van der Waals surface area contributed by atoms with E-state index in [1.807, 2.05) is 0 Å². The second-order valence-corrected chi connectivity index (χ2v) is 12.7. The van der Waals surface area contributed by atoms with Gasteiger partial charge in [-0.3, -0.25) is 0 Å². The fourth-order valence-corrected chi connectivity index (χ4v) is 5.90. The van der Waals surface area contributed by atoms with Gasteiger partial charge in [-0.1, -0.05) is 107 Å². The molecular weight excluding hydrogens is 434 g/mol. The third kappa shape index (κ3) is 3.95. The second-order valence-electron chi connectivity index (χ2n) is 12.7. The normalized spacial score (nSPS) is 14.3. The van der Waals surface area contributed by atoms with Crippen molar-refractivity contribution in [3.05, 3.63) is 108 Å². The number of fused-ring (bicyclic) bond motifs is 3. The third-order valence-corrected chi connectivity index (χ3v) is 7.65. The Hall–Kier alpha value is -3.32. The molecule has 1 aliphatic carbocycles. The van der Waals surface area contributed by atoms with E-state index < -0.39 is 0 Å². The molecule has 1 aliphatic rings.